The SMILES string of the molecule is C[C@@H]1CCCN1c1nc(Cc2cc(C(F)(F)F)ccn2)cc(-c2ccn(C)c(=O)c2)n1. The van der Waals surface area contributed by atoms with Crippen molar-refractivity contribution >= 4 is 5.95 Å². The molecule has 0 amide bonds. The van der Waals surface area contributed by atoms with Gasteiger partial charge in [-0.15, -0.1) is 0 Å². The zero-order valence-electron chi connectivity index (χ0n) is 17.2. The minimum absolute atomic E-state index is 0.125. The lowest BCUT2D eigenvalue weighted by Gasteiger charge is -2.22. The van der Waals surface area contributed by atoms with Crippen LogP contribution in [0.5, 0.6) is 0 Å². The van der Waals surface area contributed by atoms with Gasteiger partial charge >= 0.3 is 6.18 Å². The highest BCUT2D eigenvalue weighted by atomic mass is 19.4. The second kappa shape index (κ2) is 8.13. The summed E-state index contributed by atoms with van der Waals surface area (Å²) in [5.41, 5.74) is 1.09. The molecule has 0 unspecified atom stereocenters. The van der Waals surface area contributed by atoms with E-state index in [9.17, 15) is 18.0 Å². The molecule has 3 aromatic heterocycles. The molecule has 1 aliphatic heterocycles. The van der Waals surface area contributed by atoms with Crippen LogP contribution < -0.4 is 10.5 Å². The van der Waals surface area contributed by atoms with E-state index in [1.165, 1.54) is 10.6 Å². The van der Waals surface area contributed by atoms with E-state index in [2.05, 4.69) is 26.8 Å². The molecule has 162 valence electrons. The van der Waals surface area contributed by atoms with E-state index in [4.69, 9.17) is 0 Å². The third kappa shape index (κ3) is 4.60. The molecular weight excluding hydrogens is 407 g/mol. The van der Waals surface area contributed by atoms with E-state index < -0.39 is 11.7 Å². The van der Waals surface area contributed by atoms with Gasteiger partial charge in [-0.05, 0) is 44.0 Å². The van der Waals surface area contributed by atoms with E-state index in [0.29, 0.717) is 22.9 Å². The summed E-state index contributed by atoms with van der Waals surface area (Å²) in [6.07, 6.45) is 0.542. The standard InChI is InChI=1S/C22H22F3N5O/c1-14-4-3-8-30(14)21-27-18(12-17-11-16(5-7-26-17)22(23,24)25)13-19(28-21)15-6-9-29(2)20(31)10-15/h5-7,9-11,13-14H,3-4,8,12H2,1-2H3/t14-/m1/s1. The average molecular weight is 429 g/mol. The predicted molar refractivity (Wildman–Crippen MR) is 111 cm³/mol. The number of nitrogens with zero attached hydrogens (tertiary/aromatic N) is 5. The number of aromatic nitrogens is 4. The topological polar surface area (TPSA) is 63.9 Å². The largest absolute Gasteiger partial charge is 0.416 e. The Kier molecular flexibility index (Phi) is 5.51. The second-order valence-electron chi connectivity index (χ2n) is 7.80. The van der Waals surface area contributed by atoms with Crippen LogP contribution in [0.1, 0.15) is 36.7 Å². The van der Waals surface area contributed by atoms with E-state index in [0.717, 1.165) is 37.7 Å². The Morgan fingerprint density at radius 2 is 1.94 bits per heavy atom. The van der Waals surface area contributed by atoms with Crippen molar-refractivity contribution in [2.45, 2.75) is 38.4 Å². The predicted octanol–water partition coefficient (Wildman–Crippen LogP) is 3.84. The van der Waals surface area contributed by atoms with Crippen LogP contribution in [-0.2, 0) is 19.6 Å². The lowest BCUT2D eigenvalue weighted by molar-refractivity contribution is -0.137. The third-order valence-corrected chi connectivity index (χ3v) is 5.48. The van der Waals surface area contributed by atoms with Gasteiger partial charge in [-0.3, -0.25) is 9.78 Å². The minimum atomic E-state index is -4.44. The molecular formula is C22H22F3N5O. The number of pyridine rings is 2. The summed E-state index contributed by atoms with van der Waals surface area (Å²) in [6, 6.07) is 7.24. The van der Waals surface area contributed by atoms with Gasteiger partial charge < -0.3 is 9.47 Å². The molecule has 0 spiro atoms. The maximum atomic E-state index is 13.1. The Balaban J connectivity index is 1.76. The first-order valence-corrected chi connectivity index (χ1v) is 10.0. The molecule has 1 saturated heterocycles. The Hall–Kier alpha value is -3.23. The fourth-order valence-corrected chi connectivity index (χ4v) is 3.73. The van der Waals surface area contributed by atoms with Crippen molar-refractivity contribution in [1.82, 2.24) is 19.5 Å². The van der Waals surface area contributed by atoms with E-state index in [-0.39, 0.29) is 23.7 Å². The second-order valence-corrected chi connectivity index (χ2v) is 7.80. The molecule has 0 bridgehead atoms. The number of anilines is 1. The van der Waals surface area contributed by atoms with Gasteiger partial charge in [-0.1, -0.05) is 0 Å². The van der Waals surface area contributed by atoms with Crippen LogP contribution in [0.25, 0.3) is 11.3 Å². The molecule has 3 aromatic rings. The van der Waals surface area contributed by atoms with E-state index in [1.54, 1.807) is 25.4 Å². The smallest absolute Gasteiger partial charge is 0.338 e. The number of aryl methyl sites for hydroxylation is 1. The number of hydrogen-bond acceptors (Lipinski definition) is 5. The third-order valence-electron chi connectivity index (χ3n) is 5.48. The summed E-state index contributed by atoms with van der Waals surface area (Å²) < 4.78 is 40.7. The van der Waals surface area contributed by atoms with Crippen LogP contribution in [0, 0.1) is 0 Å². The first-order valence-electron chi connectivity index (χ1n) is 10.0. The number of halogens is 3. The summed E-state index contributed by atoms with van der Waals surface area (Å²) in [4.78, 5) is 27.6. The first kappa shape index (κ1) is 21.0. The van der Waals surface area contributed by atoms with E-state index in [1.807, 2.05) is 0 Å². The lowest BCUT2D eigenvalue weighted by atomic mass is 10.1. The molecule has 0 N–H and O–H groups in total. The van der Waals surface area contributed by atoms with Crippen molar-refractivity contribution in [1.29, 1.82) is 0 Å². The van der Waals surface area contributed by atoms with Crippen molar-refractivity contribution in [2.24, 2.45) is 7.05 Å². The summed E-state index contributed by atoms with van der Waals surface area (Å²) in [5.74, 6) is 0.519. The lowest BCUT2D eigenvalue weighted by Crippen LogP contribution is -2.28. The van der Waals surface area contributed by atoms with Gasteiger partial charge in [0.05, 0.1) is 17.0 Å². The molecule has 4 rings (SSSR count). The molecule has 0 aliphatic carbocycles. The fraction of sp³-hybridized carbons (Fsp3) is 0.364. The highest BCUT2D eigenvalue weighted by Gasteiger charge is 2.31. The molecule has 1 fully saturated rings. The normalized spacial score (nSPS) is 16.7. The van der Waals surface area contributed by atoms with Crippen LogP contribution >= 0.6 is 0 Å². The average Bonchev–Trinajstić information content (AvgIpc) is 3.15. The van der Waals surface area contributed by atoms with Gasteiger partial charge in [-0.25, -0.2) is 9.97 Å². The van der Waals surface area contributed by atoms with Crippen molar-refractivity contribution in [3.8, 4) is 11.3 Å². The minimum Gasteiger partial charge on any atom is -0.338 e. The van der Waals surface area contributed by atoms with Gasteiger partial charge in [0.1, 0.15) is 0 Å². The fourth-order valence-electron chi connectivity index (χ4n) is 3.73. The summed E-state index contributed by atoms with van der Waals surface area (Å²) in [5, 5.41) is 0. The molecule has 1 aliphatic rings. The highest BCUT2D eigenvalue weighted by molar-refractivity contribution is 5.60. The maximum Gasteiger partial charge on any atom is 0.416 e. The van der Waals surface area contributed by atoms with Gasteiger partial charge in [0.15, 0.2) is 0 Å². The Morgan fingerprint density at radius 1 is 1.13 bits per heavy atom. The van der Waals surface area contributed by atoms with Gasteiger partial charge in [0.25, 0.3) is 5.56 Å². The molecule has 4 heterocycles. The van der Waals surface area contributed by atoms with Crippen LogP contribution in [-0.4, -0.2) is 32.1 Å². The monoisotopic (exact) mass is 429 g/mol. The molecule has 31 heavy (non-hydrogen) atoms. The van der Waals surface area contributed by atoms with Gasteiger partial charge in [-0.2, -0.15) is 13.2 Å². The zero-order chi connectivity index (χ0) is 22.2. The molecule has 0 radical (unpaired) electrons. The summed E-state index contributed by atoms with van der Waals surface area (Å²) >= 11 is 0. The molecule has 0 saturated carbocycles. The van der Waals surface area contributed by atoms with Crippen molar-refractivity contribution < 1.29 is 13.2 Å². The summed E-state index contributed by atoms with van der Waals surface area (Å²) in [6.45, 7) is 2.90. The molecule has 9 heteroatoms. The van der Waals surface area contributed by atoms with Crippen LogP contribution in [0.4, 0.5) is 19.1 Å². The maximum absolute atomic E-state index is 13.1. The quantitative estimate of drug-likeness (QED) is 0.631. The van der Waals surface area contributed by atoms with Crippen molar-refractivity contribution in [3.63, 3.8) is 0 Å². The number of rotatable bonds is 4. The Bertz CT molecular complexity index is 1160. The van der Waals surface area contributed by atoms with Crippen molar-refractivity contribution in [2.75, 3.05) is 11.4 Å². The highest BCUT2D eigenvalue weighted by Crippen LogP contribution is 2.30. The number of hydrogen-bond donors (Lipinski definition) is 0. The number of alkyl halides is 3. The Labute approximate surface area is 177 Å². The van der Waals surface area contributed by atoms with Crippen LogP contribution in [0.3, 0.4) is 0 Å². The Morgan fingerprint density at radius 3 is 2.61 bits per heavy atom. The van der Waals surface area contributed by atoms with Gasteiger partial charge in [0.2, 0.25) is 5.95 Å². The summed E-state index contributed by atoms with van der Waals surface area (Å²) in [7, 11) is 1.66. The zero-order valence-corrected chi connectivity index (χ0v) is 17.2. The molecule has 1 atom stereocenters. The van der Waals surface area contributed by atoms with Crippen LogP contribution in [0.15, 0.2) is 47.5 Å². The first-order chi connectivity index (χ1) is 14.7. The van der Waals surface area contributed by atoms with E-state index >= 15 is 0 Å². The van der Waals surface area contributed by atoms with Crippen LogP contribution in [0.2, 0.25) is 0 Å². The van der Waals surface area contributed by atoms with Crippen molar-refractivity contribution in [3.05, 3.63) is 70.0 Å². The molecule has 6 nitrogen and oxygen atoms in total. The van der Waals surface area contributed by atoms with Gasteiger partial charge in [0, 0.05) is 55.8 Å². The molecule has 0 aromatic carbocycles.